The quantitative estimate of drug-likeness (QED) is 0.607. The molecule has 20 heavy (non-hydrogen) atoms. The van der Waals surface area contributed by atoms with E-state index in [0.717, 1.165) is 0 Å². The minimum absolute atomic E-state index is 0.415. The van der Waals surface area contributed by atoms with Gasteiger partial charge in [0.05, 0.1) is 0 Å². The van der Waals surface area contributed by atoms with Crippen LogP contribution in [-0.2, 0) is 6.42 Å². The van der Waals surface area contributed by atoms with Gasteiger partial charge in [-0.3, -0.25) is 0 Å². The Balaban J connectivity index is 0.000000956. The van der Waals surface area contributed by atoms with Gasteiger partial charge in [-0.05, 0) is 34.9 Å². The molecule has 0 unspecified atom stereocenters. The van der Waals surface area contributed by atoms with Crippen molar-refractivity contribution in [3.63, 3.8) is 0 Å². The van der Waals surface area contributed by atoms with Crippen molar-refractivity contribution in [2.45, 2.75) is 47.5 Å². The van der Waals surface area contributed by atoms with E-state index >= 15 is 0 Å². The van der Waals surface area contributed by atoms with Crippen LogP contribution in [0.25, 0.3) is 11.1 Å². The van der Waals surface area contributed by atoms with E-state index < -0.39 is 0 Å². The van der Waals surface area contributed by atoms with Crippen LogP contribution < -0.4 is 0 Å². The molecule has 0 aliphatic carbocycles. The fourth-order valence-electron chi connectivity index (χ4n) is 2.01. The molecule has 0 radical (unpaired) electrons. The van der Waals surface area contributed by atoms with Crippen molar-refractivity contribution in [1.29, 1.82) is 0 Å². The molecule has 0 saturated carbocycles. The summed E-state index contributed by atoms with van der Waals surface area (Å²) < 4.78 is 0. The number of benzene rings is 2. The molecule has 0 nitrogen and oxygen atoms in total. The summed E-state index contributed by atoms with van der Waals surface area (Å²) >= 11 is 0. The molecule has 0 N–H and O–H groups in total. The van der Waals surface area contributed by atoms with Gasteiger partial charge in [0.25, 0.3) is 0 Å². The van der Waals surface area contributed by atoms with Gasteiger partial charge >= 0.3 is 0 Å². The SMILES string of the molecule is CC.CC(C)(C)CCc1ccc(-c2ccccc2)cc1. The molecule has 0 aromatic heterocycles. The standard InChI is InChI=1S/C18H22.C2H6/c1-18(2,3)14-13-15-9-11-17(12-10-15)16-7-5-4-6-8-16;1-2/h4-12H,13-14H2,1-3H3;1-2H3. The zero-order valence-electron chi connectivity index (χ0n) is 13.6. The van der Waals surface area contributed by atoms with Crippen molar-refractivity contribution in [2.75, 3.05) is 0 Å². The molecule has 0 aliphatic rings. The van der Waals surface area contributed by atoms with Crippen LogP contribution in [0.2, 0.25) is 0 Å². The molecule has 0 aliphatic heterocycles. The van der Waals surface area contributed by atoms with E-state index in [9.17, 15) is 0 Å². The zero-order chi connectivity index (χ0) is 15.0. The summed E-state index contributed by atoms with van der Waals surface area (Å²) in [7, 11) is 0. The molecule has 0 heterocycles. The van der Waals surface area contributed by atoms with Crippen molar-refractivity contribution in [3.05, 3.63) is 60.2 Å². The predicted octanol–water partition coefficient (Wildman–Crippen LogP) is 6.36. The highest BCUT2D eigenvalue weighted by Gasteiger charge is 2.09. The summed E-state index contributed by atoms with van der Waals surface area (Å²) in [6.07, 6.45) is 2.40. The molecule has 0 spiro atoms. The van der Waals surface area contributed by atoms with Gasteiger partial charge in [0.2, 0.25) is 0 Å². The molecule has 0 atom stereocenters. The van der Waals surface area contributed by atoms with Crippen LogP contribution in [0.5, 0.6) is 0 Å². The maximum Gasteiger partial charge on any atom is -0.0184 e. The highest BCUT2D eigenvalue weighted by Crippen LogP contribution is 2.23. The lowest BCUT2D eigenvalue weighted by Crippen LogP contribution is -2.06. The average molecular weight is 268 g/mol. The van der Waals surface area contributed by atoms with Crippen LogP contribution in [0.1, 0.15) is 46.6 Å². The molecule has 0 fully saturated rings. The third-order valence-electron chi connectivity index (χ3n) is 3.22. The normalized spacial score (nSPS) is 10.7. The van der Waals surface area contributed by atoms with E-state index in [4.69, 9.17) is 0 Å². The largest absolute Gasteiger partial charge is 0.0683 e. The van der Waals surface area contributed by atoms with E-state index in [0.29, 0.717) is 5.41 Å². The fourth-order valence-corrected chi connectivity index (χ4v) is 2.01. The smallest absolute Gasteiger partial charge is 0.0184 e. The first-order valence-electron chi connectivity index (χ1n) is 7.69. The summed E-state index contributed by atoms with van der Waals surface area (Å²) in [5.74, 6) is 0. The van der Waals surface area contributed by atoms with Crippen LogP contribution in [0.4, 0.5) is 0 Å². The highest BCUT2D eigenvalue weighted by molar-refractivity contribution is 5.63. The molecule has 2 aromatic carbocycles. The predicted molar refractivity (Wildman–Crippen MR) is 91.0 cm³/mol. The maximum absolute atomic E-state index is 2.30. The second kappa shape index (κ2) is 7.89. The van der Waals surface area contributed by atoms with Gasteiger partial charge in [0, 0.05) is 0 Å². The van der Waals surface area contributed by atoms with E-state index in [1.165, 1.54) is 29.5 Å². The van der Waals surface area contributed by atoms with Gasteiger partial charge in [-0.2, -0.15) is 0 Å². The first kappa shape index (κ1) is 16.5. The number of hydrogen-bond donors (Lipinski definition) is 0. The van der Waals surface area contributed by atoms with E-state index in [2.05, 4.69) is 75.4 Å². The lowest BCUT2D eigenvalue weighted by Gasteiger charge is -2.17. The Hall–Kier alpha value is -1.56. The van der Waals surface area contributed by atoms with Crippen molar-refractivity contribution in [2.24, 2.45) is 5.41 Å². The minimum Gasteiger partial charge on any atom is -0.0683 e. The average Bonchev–Trinajstić information content (AvgIpc) is 2.48. The van der Waals surface area contributed by atoms with Crippen molar-refractivity contribution >= 4 is 0 Å². The Morgan fingerprint density at radius 2 is 1.20 bits per heavy atom. The lowest BCUT2D eigenvalue weighted by atomic mass is 9.88. The molecule has 0 heteroatoms. The molecule has 2 rings (SSSR count). The van der Waals surface area contributed by atoms with Crippen LogP contribution in [0, 0.1) is 5.41 Å². The monoisotopic (exact) mass is 268 g/mol. The summed E-state index contributed by atoms with van der Waals surface area (Å²) in [6, 6.07) is 19.5. The van der Waals surface area contributed by atoms with Crippen LogP contribution in [0.3, 0.4) is 0 Å². The second-order valence-corrected chi connectivity index (χ2v) is 6.12. The third-order valence-corrected chi connectivity index (χ3v) is 3.22. The van der Waals surface area contributed by atoms with E-state index in [-0.39, 0.29) is 0 Å². The van der Waals surface area contributed by atoms with Crippen molar-refractivity contribution < 1.29 is 0 Å². The maximum atomic E-state index is 2.30. The molecular weight excluding hydrogens is 240 g/mol. The van der Waals surface area contributed by atoms with Crippen LogP contribution >= 0.6 is 0 Å². The second-order valence-electron chi connectivity index (χ2n) is 6.12. The van der Waals surface area contributed by atoms with E-state index in [1.807, 2.05) is 13.8 Å². The first-order chi connectivity index (χ1) is 9.54. The Morgan fingerprint density at radius 3 is 1.70 bits per heavy atom. The first-order valence-corrected chi connectivity index (χ1v) is 7.69. The third kappa shape index (κ3) is 5.61. The van der Waals surface area contributed by atoms with Crippen LogP contribution in [0.15, 0.2) is 54.6 Å². The Kier molecular flexibility index (Phi) is 6.51. The summed E-state index contributed by atoms with van der Waals surface area (Å²) in [5.41, 5.74) is 4.44. The Morgan fingerprint density at radius 1 is 0.700 bits per heavy atom. The summed E-state index contributed by atoms with van der Waals surface area (Å²) in [5, 5.41) is 0. The molecule has 108 valence electrons. The molecule has 2 aromatic rings. The minimum atomic E-state index is 0.415. The Bertz CT molecular complexity index is 472. The molecule has 0 saturated heterocycles. The Labute approximate surface area is 124 Å². The zero-order valence-corrected chi connectivity index (χ0v) is 13.6. The number of hydrogen-bond acceptors (Lipinski definition) is 0. The van der Waals surface area contributed by atoms with E-state index in [1.54, 1.807) is 0 Å². The fraction of sp³-hybridized carbons (Fsp3) is 0.400. The van der Waals surface area contributed by atoms with Gasteiger partial charge in [0.15, 0.2) is 0 Å². The van der Waals surface area contributed by atoms with Crippen molar-refractivity contribution in [3.8, 4) is 11.1 Å². The summed E-state index contributed by atoms with van der Waals surface area (Å²) in [4.78, 5) is 0. The lowest BCUT2D eigenvalue weighted by molar-refractivity contribution is 0.378. The molecule has 0 amide bonds. The number of rotatable bonds is 3. The van der Waals surface area contributed by atoms with Gasteiger partial charge < -0.3 is 0 Å². The molecule has 0 bridgehead atoms. The summed E-state index contributed by atoms with van der Waals surface area (Å²) in [6.45, 7) is 10.9. The highest BCUT2D eigenvalue weighted by atomic mass is 14.1. The van der Waals surface area contributed by atoms with Gasteiger partial charge in [-0.1, -0.05) is 89.2 Å². The van der Waals surface area contributed by atoms with Gasteiger partial charge in [-0.25, -0.2) is 0 Å². The van der Waals surface area contributed by atoms with Gasteiger partial charge in [0.1, 0.15) is 0 Å². The van der Waals surface area contributed by atoms with Crippen LogP contribution in [-0.4, -0.2) is 0 Å². The topological polar surface area (TPSA) is 0 Å². The van der Waals surface area contributed by atoms with Crippen molar-refractivity contribution in [1.82, 2.24) is 0 Å². The number of aryl methyl sites for hydroxylation is 1. The van der Waals surface area contributed by atoms with Gasteiger partial charge in [-0.15, -0.1) is 0 Å². The molecular formula is C20H28.